The topological polar surface area (TPSA) is 73.9 Å². The standard InChI is InChI=1S/C14H19NO5/c1-18-10-12(8-13(16)19-2)15-14(17)20-9-11-6-4-3-5-7-11/h3-7,12H,8-10H2,1-2H3,(H,15,17)/t12-/m0/s1. The van der Waals surface area contributed by atoms with Crippen LogP contribution in [0.25, 0.3) is 0 Å². The first-order valence-corrected chi connectivity index (χ1v) is 6.18. The second-order valence-electron chi connectivity index (χ2n) is 4.14. The molecule has 20 heavy (non-hydrogen) atoms. The molecule has 0 spiro atoms. The van der Waals surface area contributed by atoms with Crippen molar-refractivity contribution in [2.24, 2.45) is 0 Å². The fourth-order valence-corrected chi connectivity index (χ4v) is 1.57. The maximum atomic E-state index is 11.6. The lowest BCUT2D eigenvalue weighted by Crippen LogP contribution is -2.40. The average Bonchev–Trinajstić information content (AvgIpc) is 2.46. The summed E-state index contributed by atoms with van der Waals surface area (Å²) >= 11 is 0. The molecule has 0 aliphatic rings. The largest absolute Gasteiger partial charge is 0.469 e. The van der Waals surface area contributed by atoms with Gasteiger partial charge in [-0.3, -0.25) is 4.79 Å². The number of alkyl carbamates (subject to hydrolysis) is 1. The highest BCUT2D eigenvalue weighted by Gasteiger charge is 2.17. The van der Waals surface area contributed by atoms with Gasteiger partial charge in [-0.25, -0.2) is 4.79 Å². The van der Waals surface area contributed by atoms with Crippen LogP contribution < -0.4 is 5.32 Å². The Morgan fingerprint density at radius 2 is 1.90 bits per heavy atom. The quantitative estimate of drug-likeness (QED) is 0.766. The van der Waals surface area contributed by atoms with E-state index in [-0.39, 0.29) is 19.6 Å². The number of esters is 1. The van der Waals surface area contributed by atoms with Crippen LogP contribution in [-0.4, -0.2) is 38.9 Å². The Labute approximate surface area is 118 Å². The third kappa shape index (κ3) is 6.19. The van der Waals surface area contributed by atoms with Gasteiger partial charge in [0.25, 0.3) is 0 Å². The third-order valence-electron chi connectivity index (χ3n) is 2.54. The average molecular weight is 281 g/mol. The predicted molar refractivity (Wildman–Crippen MR) is 72.1 cm³/mol. The number of hydrogen-bond donors (Lipinski definition) is 1. The summed E-state index contributed by atoms with van der Waals surface area (Å²) in [6, 6.07) is 8.84. The van der Waals surface area contributed by atoms with Gasteiger partial charge in [0.15, 0.2) is 0 Å². The lowest BCUT2D eigenvalue weighted by atomic mass is 10.2. The van der Waals surface area contributed by atoms with E-state index in [0.717, 1.165) is 5.56 Å². The molecule has 0 unspecified atom stereocenters. The van der Waals surface area contributed by atoms with E-state index in [1.165, 1.54) is 14.2 Å². The highest BCUT2D eigenvalue weighted by atomic mass is 16.5. The number of hydrogen-bond acceptors (Lipinski definition) is 5. The molecule has 0 heterocycles. The molecule has 0 saturated carbocycles. The summed E-state index contributed by atoms with van der Waals surface area (Å²) in [6.45, 7) is 0.375. The van der Waals surface area contributed by atoms with Gasteiger partial charge in [0.2, 0.25) is 0 Å². The van der Waals surface area contributed by atoms with Crippen LogP contribution in [0.15, 0.2) is 30.3 Å². The molecule has 0 radical (unpaired) electrons. The maximum Gasteiger partial charge on any atom is 0.407 e. The molecule has 6 nitrogen and oxygen atoms in total. The van der Waals surface area contributed by atoms with Gasteiger partial charge < -0.3 is 19.5 Å². The molecule has 0 saturated heterocycles. The number of benzene rings is 1. The number of carbonyl (C=O) groups is 2. The van der Waals surface area contributed by atoms with Gasteiger partial charge >= 0.3 is 12.1 Å². The van der Waals surface area contributed by atoms with Crippen LogP contribution in [-0.2, 0) is 25.6 Å². The van der Waals surface area contributed by atoms with E-state index in [1.807, 2.05) is 30.3 Å². The van der Waals surface area contributed by atoms with E-state index >= 15 is 0 Å². The Morgan fingerprint density at radius 1 is 1.20 bits per heavy atom. The summed E-state index contributed by atoms with van der Waals surface area (Å²) in [6.07, 6.45) is -0.565. The fourth-order valence-electron chi connectivity index (χ4n) is 1.57. The zero-order valence-electron chi connectivity index (χ0n) is 11.6. The molecule has 1 atom stereocenters. The molecule has 0 aliphatic carbocycles. The molecular weight excluding hydrogens is 262 g/mol. The van der Waals surface area contributed by atoms with Gasteiger partial charge in [0.05, 0.1) is 26.2 Å². The summed E-state index contributed by atoms with van der Waals surface area (Å²) < 4.78 is 14.5. The lowest BCUT2D eigenvalue weighted by molar-refractivity contribution is -0.141. The minimum atomic E-state index is -0.597. The van der Waals surface area contributed by atoms with Crippen molar-refractivity contribution in [3.05, 3.63) is 35.9 Å². The Bertz CT molecular complexity index is 421. The molecule has 1 N–H and O–H groups in total. The fraction of sp³-hybridized carbons (Fsp3) is 0.429. The number of amides is 1. The van der Waals surface area contributed by atoms with Crippen LogP contribution in [0.2, 0.25) is 0 Å². The van der Waals surface area contributed by atoms with Crippen LogP contribution in [0.5, 0.6) is 0 Å². The summed E-state index contributed by atoms with van der Waals surface area (Å²) in [5.41, 5.74) is 0.888. The molecule has 110 valence electrons. The number of rotatable bonds is 7. The Kier molecular flexibility index (Phi) is 7.13. The molecule has 0 fully saturated rings. The minimum absolute atomic E-state index is 0.0325. The van der Waals surface area contributed by atoms with Crippen molar-refractivity contribution in [2.75, 3.05) is 20.8 Å². The second-order valence-corrected chi connectivity index (χ2v) is 4.14. The Hall–Kier alpha value is -2.08. The van der Waals surface area contributed by atoms with Crippen LogP contribution in [0.3, 0.4) is 0 Å². The molecule has 6 heteroatoms. The molecule has 0 aromatic heterocycles. The third-order valence-corrected chi connectivity index (χ3v) is 2.54. The van der Waals surface area contributed by atoms with Gasteiger partial charge in [-0.15, -0.1) is 0 Å². The van der Waals surface area contributed by atoms with Crippen LogP contribution in [0.4, 0.5) is 4.79 Å². The summed E-state index contributed by atoms with van der Waals surface area (Å²) in [5.74, 6) is -0.421. The van der Waals surface area contributed by atoms with E-state index in [1.54, 1.807) is 0 Å². The first-order valence-electron chi connectivity index (χ1n) is 6.18. The lowest BCUT2D eigenvalue weighted by Gasteiger charge is -2.16. The van der Waals surface area contributed by atoms with Crippen molar-refractivity contribution in [3.63, 3.8) is 0 Å². The highest BCUT2D eigenvalue weighted by molar-refractivity contribution is 5.72. The van der Waals surface area contributed by atoms with Gasteiger partial charge in [0, 0.05) is 7.11 Å². The van der Waals surface area contributed by atoms with Crippen LogP contribution in [0, 0.1) is 0 Å². The van der Waals surface area contributed by atoms with Crippen LogP contribution >= 0.6 is 0 Å². The van der Waals surface area contributed by atoms with E-state index < -0.39 is 18.1 Å². The zero-order chi connectivity index (χ0) is 14.8. The number of methoxy groups -OCH3 is 2. The molecule has 1 aromatic carbocycles. The van der Waals surface area contributed by atoms with E-state index in [4.69, 9.17) is 9.47 Å². The van der Waals surface area contributed by atoms with Crippen molar-refractivity contribution in [1.82, 2.24) is 5.32 Å². The molecular formula is C14H19NO5. The van der Waals surface area contributed by atoms with E-state index in [2.05, 4.69) is 10.1 Å². The molecule has 0 bridgehead atoms. The molecule has 0 aliphatic heterocycles. The predicted octanol–water partition coefficient (Wildman–Crippen LogP) is 1.49. The smallest absolute Gasteiger partial charge is 0.407 e. The first-order chi connectivity index (χ1) is 9.65. The van der Waals surface area contributed by atoms with Crippen LogP contribution in [0.1, 0.15) is 12.0 Å². The van der Waals surface area contributed by atoms with Gasteiger partial charge in [-0.05, 0) is 5.56 Å². The van der Waals surface area contributed by atoms with Crippen molar-refractivity contribution in [3.8, 4) is 0 Å². The second kappa shape index (κ2) is 8.92. The summed E-state index contributed by atoms with van der Waals surface area (Å²) in [5, 5.41) is 2.57. The van der Waals surface area contributed by atoms with Crippen molar-refractivity contribution < 1.29 is 23.8 Å². The van der Waals surface area contributed by atoms with Gasteiger partial charge in [0.1, 0.15) is 6.61 Å². The monoisotopic (exact) mass is 281 g/mol. The minimum Gasteiger partial charge on any atom is -0.469 e. The number of ether oxygens (including phenoxy) is 3. The zero-order valence-corrected chi connectivity index (χ0v) is 11.6. The summed E-state index contributed by atoms with van der Waals surface area (Å²) in [7, 11) is 2.78. The Balaban J connectivity index is 2.39. The van der Waals surface area contributed by atoms with E-state index in [9.17, 15) is 9.59 Å². The van der Waals surface area contributed by atoms with Gasteiger partial charge in [-0.1, -0.05) is 30.3 Å². The van der Waals surface area contributed by atoms with Crippen molar-refractivity contribution in [2.45, 2.75) is 19.1 Å². The Morgan fingerprint density at radius 3 is 2.50 bits per heavy atom. The van der Waals surface area contributed by atoms with Crippen molar-refractivity contribution in [1.29, 1.82) is 0 Å². The van der Waals surface area contributed by atoms with E-state index in [0.29, 0.717) is 0 Å². The van der Waals surface area contributed by atoms with Gasteiger partial charge in [-0.2, -0.15) is 0 Å². The van der Waals surface area contributed by atoms with Crippen molar-refractivity contribution >= 4 is 12.1 Å². The highest BCUT2D eigenvalue weighted by Crippen LogP contribution is 2.02. The molecule has 1 rings (SSSR count). The molecule has 1 amide bonds. The first kappa shape index (κ1) is 16.0. The number of carbonyl (C=O) groups excluding carboxylic acids is 2. The normalized spacial score (nSPS) is 11.5. The summed E-state index contributed by atoms with van der Waals surface area (Å²) in [4.78, 5) is 22.8. The SMILES string of the molecule is COC[C@H](CC(=O)OC)NC(=O)OCc1ccccc1. The maximum absolute atomic E-state index is 11.6. The number of nitrogens with one attached hydrogen (secondary N) is 1. The molecule has 1 aromatic rings.